The zero-order chi connectivity index (χ0) is 16.1. The van der Waals surface area contributed by atoms with Crippen LogP contribution in [-0.4, -0.2) is 14.1 Å². The van der Waals surface area contributed by atoms with Crippen LogP contribution in [0, 0.1) is 0 Å². The zero-order valence-corrected chi connectivity index (χ0v) is 14.3. The maximum atomic E-state index is 6.37. The molecular formula is C20H20NOP. The number of rotatable bonds is 5. The molecule has 3 aromatic carbocycles. The van der Waals surface area contributed by atoms with Crippen molar-refractivity contribution in [3.63, 3.8) is 0 Å². The Morgan fingerprint density at radius 2 is 1.13 bits per heavy atom. The minimum atomic E-state index is -0.866. The van der Waals surface area contributed by atoms with Gasteiger partial charge in [-0.2, -0.15) is 0 Å². The first-order chi connectivity index (χ1) is 11.2. The molecule has 0 atom stereocenters. The fourth-order valence-corrected chi connectivity index (χ4v) is 4.02. The first-order valence-electron chi connectivity index (χ1n) is 7.59. The van der Waals surface area contributed by atoms with Gasteiger partial charge in [0.25, 0.3) is 0 Å². The predicted molar refractivity (Wildman–Crippen MR) is 100 cm³/mol. The molecule has 0 aliphatic rings. The monoisotopic (exact) mass is 321 g/mol. The Morgan fingerprint density at radius 3 is 1.57 bits per heavy atom. The third-order valence-electron chi connectivity index (χ3n) is 3.53. The van der Waals surface area contributed by atoms with E-state index in [1.807, 2.05) is 38.4 Å². The summed E-state index contributed by atoms with van der Waals surface area (Å²) in [5.41, 5.74) is 1.17. The van der Waals surface area contributed by atoms with Crippen LogP contribution in [0.25, 0.3) is 0 Å². The third kappa shape index (κ3) is 3.91. The lowest BCUT2D eigenvalue weighted by Crippen LogP contribution is -2.15. The van der Waals surface area contributed by atoms with E-state index >= 15 is 0 Å². The normalized spacial score (nSPS) is 10.6. The molecule has 116 valence electrons. The molecule has 0 fully saturated rings. The van der Waals surface area contributed by atoms with Gasteiger partial charge in [-0.25, -0.2) is 0 Å². The summed E-state index contributed by atoms with van der Waals surface area (Å²) >= 11 is 0. The van der Waals surface area contributed by atoms with Gasteiger partial charge in [-0.1, -0.05) is 60.7 Å². The Bertz CT molecular complexity index is 687. The highest BCUT2D eigenvalue weighted by molar-refractivity contribution is 7.68. The molecule has 0 unspecified atom stereocenters. The molecule has 0 N–H and O–H groups in total. The van der Waals surface area contributed by atoms with Gasteiger partial charge in [0, 0.05) is 30.4 Å². The average molecular weight is 321 g/mol. The zero-order valence-electron chi connectivity index (χ0n) is 13.4. The Balaban J connectivity index is 1.90. The van der Waals surface area contributed by atoms with Gasteiger partial charge >= 0.3 is 0 Å². The van der Waals surface area contributed by atoms with E-state index in [4.69, 9.17) is 4.52 Å². The molecule has 0 saturated heterocycles. The molecule has 3 heteroatoms. The van der Waals surface area contributed by atoms with Gasteiger partial charge in [-0.15, -0.1) is 0 Å². The highest BCUT2D eigenvalue weighted by Gasteiger charge is 2.16. The van der Waals surface area contributed by atoms with Crippen molar-refractivity contribution in [2.24, 2.45) is 0 Å². The van der Waals surface area contributed by atoms with Crippen LogP contribution in [0.4, 0.5) is 5.69 Å². The number of hydrogen-bond donors (Lipinski definition) is 0. The third-order valence-corrected chi connectivity index (χ3v) is 5.46. The molecule has 3 rings (SSSR count). The largest absolute Gasteiger partial charge is 0.464 e. The molecule has 2 nitrogen and oxygen atoms in total. The molecule has 23 heavy (non-hydrogen) atoms. The molecule has 0 heterocycles. The minimum Gasteiger partial charge on any atom is -0.464 e. The van der Waals surface area contributed by atoms with Gasteiger partial charge in [-0.3, -0.25) is 0 Å². The van der Waals surface area contributed by atoms with Crippen LogP contribution >= 0.6 is 8.15 Å². The average Bonchev–Trinajstić information content (AvgIpc) is 2.61. The SMILES string of the molecule is CN(C)c1ccc(OP(c2ccccc2)c2ccccc2)cc1. The van der Waals surface area contributed by atoms with Crippen molar-refractivity contribution in [2.45, 2.75) is 0 Å². The van der Waals surface area contributed by atoms with Gasteiger partial charge in [0.05, 0.1) is 0 Å². The first-order valence-corrected chi connectivity index (χ1v) is 8.85. The van der Waals surface area contributed by atoms with E-state index in [0.29, 0.717) is 0 Å². The van der Waals surface area contributed by atoms with E-state index in [1.54, 1.807) is 0 Å². The smallest absolute Gasteiger partial charge is 0.150 e. The molecule has 0 amide bonds. The molecule has 0 aliphatic carbocycles. The van der Waals surface area contributed by atoms with E-state index < -0.39 is 8.15 Å². The Labute approximate surface area is 139 Å². The first kappa shape index (κ1) is 15.6. The van der Waals surface area contributed by atoms with Crippen LogP contribution in [-0.2, 0) is 0 Å². The molecule has 0 bridgehead atoms. The summed E-state index contributed by atoms with van der Waals surface area (Å²) in [6.07, 6.45) is 0. The fourth-order valence-electron chi connectivity index (χ4n) is 2.29. The second-order valence-corrected chi connectivity index (χ2v) is 7.25. The lowest BCUT2D eigenvalue weighted by Gasteiger charge is -2.20. The summed E-state index contributed by atoms with van der Waals surface area (Å²) in [5.74, 6) is 0.898. The second-order valence-electron chi connectivity index (χ2n) is 5.45. The number of anilines is 1. The van der Waals surface area contributed by atoms with Gasteiger partial charge in [-0.05, 0) is 24.3 Å². The highest BCUT2D eigenvalue weighted by Crippen LogP contribution is 2.36. The van der Waals surface area contributed by atoms with Gasteiger partial charge < -0.3 is 9.42 Å². The van der Waals surface area contributed by atoms with Crippen LogP contribution in [0.1, 0.15) is 0 Å². The van der Waals surface area contributed by atoms with Crippen molar-refractivity contribution in [1.82, 2.24) is 0 Å². The maximum Gasteiger partial charge on any atom is 0.150 e. The van der Waals surface area contributed by atoms with Crippen molar-refractivity contribution in [3.05, 3.63) is 84.9 Å². The topological polar surface area (TPSA) is 12.5 Å². The van der Waals surface area contributed by atoms with E-state index in [1.165, 1.54) is 16.3 Å². The Kier molecular flexibility index (Phi) is 4.95. The van der Waals surface area contributed by atoms with Crippen molar-refractivity contribution < 1.29 is 4.52 Å². The summed E-state index contributed by atoms with van der Waals surface area (Å²) in [4.78, 5) is 2.08. The van der Waals surface area contributed by atoms with Crippen molar-refractivity contribution in [1.29, 1.82) is 0 Å². The summed E-state index contributed by atoms with van der Waals surface area (Å²) in [6, 6.07) is 29.1. The minimum absolute atomic E-state index is 0.866. The highest BCUT2D eigenvalue weighted by atomic mass is 31.1. The van der Waals surface area contributed by atoms with E-state index in [9.17, 15) is 0 Å². The van der Waals surface area contributed by atoms with Gasteiger partial charge in [0.2, 0.25) is 0 Å². The Hall–Kier alpha value is -2.31. The van der Waals surface area contributed by atoms with Crippen molar-refractivity contribution >= 4 is 24.4 Å². The van der Waals surface area contributed by atoms with Crippen LogP contribution in [0.2, 0.25) is 0 Å². The van der Waals surface area contributed by atoms with E-state index in [0.717, 1.165) is 5.75 Å². The quantitative estimate of drug-likeness (QED) is 0.654. The maximum absolute atomic E-state index is 6.37. The summed E-state index contributed by atoms with van der Waals surface area (Å²) < 4.78 is 6.37. The van der Waals surface area contributed by atoms with Gasteiger partial charge in [0.1, 0.15) is 5.75 Å². The van der Waals surface area contributed by atoms with E-state index in [-0.39, 0.29) is 0 Å². The van der Waals surface area contributed by atoms with Crippen LogP contribution < -0.4 is 20.0 Å². The summed E-state index contributed by atoms with van der Waals surface area (Å²) in [6.45, 7) is 0. The molecular weight excluding hydrogens is 301 g/mol. The van der Waals surface area contributed by atoms with Gasteiger partial charge in [0.15, 0.2) is 8.15 Å². The second kappa shape index (κ2) is 7.30. The number of nitrogens with zero attached hydrogens (tertiary/aromatic N) is 1. The van der Waals surface area contributed by atoms with Crippen molar-refractivity contribution in [3.8, 4) is 5.75 Å². The van der Waals surface area contributed by atoms with Crippen LogP contribution in [0.3, 0.4) is 0 Å². The lowest BCUT2D eigenvalue weighted by molar-refractivity contribution is 0.630. The Morgan fingerprint density at radius 1 is 0.652 bits per heavy atom. The molecule has 3 aromatic rings. The van der Waals surface area contributed by atoms with Crippen LogP contribution in [0.5, 0.6) is 5.75 Å². The summed E-state index contributed by atoms with van der Waals surface area (Å²) in [5, 5.41) is 2.43. The van der Waals surface area contributed by atoms with Crippen molar-refractivity contribution in [2.75, 3.05) is 19.0 Å². The summed E-state index contributed by atoms with van der Waals surface area (Å²) in [7, 11) is 3.21. The molecule has 0 saturated carbocycles. The molecule has 0 aromatic heterocycles. The van der Waals surface area contributed by atoms with E-state index in [2.05, 4.69) is 65.6 Å². The fraction of sp³-hybridized carbons (Fsp3) is 0.100. The number of hydrogen-bond acceptors (Lipinski definition) is 2. The number of benzene rings is 3. The lowest BCUT2D eigenvalue weighted by atomic mass is 10.3. The molecule has 0 radical (unpaired) electrons. The standard InChI is InChI=1S/C20H20NOP/c1-21(2)17-13-15-18(16-14-17)22-23(19-9-5-3-6-10-19)20-11-7-4-8-12-20/h3-16H,1-2H3. The molecule has 0 spiro atoms. The van der Waals surface area contributed by atoms with Crippen LogP contribution in [0.15, 0.2) is 84.9 Å². The predicted octanol–water partition coefficient (Wildman–Crippen LogP) is 4.18. The molecule has 0 aliphatic heterocycles.